The average Bonchev–Trinajstić information content (AvgIpc) is 3.26. The van der Waals surface area contributed by atoms with Crippen molar-refractivity contribution in [2.75, 3.05) is 31.1 Å². The number of fused-ring (bicyclic) bond motifs is 1. The van der Waals surface area contributed by atoms with Crippen LogP contribution in [-0.4, -0.2) is 43.0 Å². The van der Waals surface area contributed by atoms with Gasteiger partial charge in [-0.15, -0.1) is 11.3 Å². The summed E-state index contributed by atoms with van der Waals surface area (Å²) in [6.45, 7) is 6.85. The first kappa shape index (κ1) is 20.3. The van der Waals surface area contributed by atoms with Crippen LogP contribution in [-0.2, 0) is 11.2 Å². The molecule has 3 aromatic rings. The standard InChI is InChI=1S/C20H24N4O2S2/c1-3-24(4-2)20-23-19-16(28-20)13-15(27-19)18(26)22-11-10-21-17(25)12-14-8-6-5-7-9-14/h5-9,13H,3-4,10-12H2,1-2H3,(H,21,25)(H,22,26). The SMILES string of the molecule is CCN(CC)c1nc2sc(C(=O)NCCNC(=O)Cc3ccccc3)cc2s1. The fraction of sp³-hybridized carbons (Fsp3) is 0.350. The summed E-state index contributed by atoms with van der Waals surface area (Å²) < 4.78 is 1.04. The normalized spacial score (nSPS) is 10.8. The van der Waals surface area contributed by atoms with Gasteiger partial charge < -0.3 is 15.5 Å². The topological polar surface area (TPSA) is 74.3 Å². The van der Waals surface area contributed by atoms with Crippen molar-refractivity contribution in [1.82, 2.24) is 15.6 Å². The highest BCUT2D eigenvalue weighted by Crippen LogP contribution is 2.34. The van der Waals surface area contributed by atoms with Crippen LogP contribution in [0.15, 0.2) is 36.4 Å². The molecule has 3 rings (SSSR count). The van der Waals surface area contributed by atoms with E-state index in [9.17, 15) is 9.59 Å². The second kappa shape index (κ2) is 9.66. The molecule has 0 spiro atoms. The molecule has 0 aliphatic heterocycles. The lowest BCUT2D eigenvalue weighted by molar-refractivity contribution is -0.120. The zero-order valence-corrected chi connectivity index (χ0v) is 17.7. The van der Waals surface area contributed by atoms with Crippen LogP contribution in [0.3, 0.4) is 0 Å². The summed E-state index contributed by atoms with van der Waals surface area (Å²) in [5.41, 5.74) is 0.972. The van der Waals surface area contributed by atoms with E-state index in [-0.39, 0.29) is 11.8 Å². The van der Waals surface area contributed by atoms with Crippen molar-refractivity contribution in [3.63, 3.8) is 0 Å². The quantitative estimate of drug-likeness (QED) is 0.525. The maximum absolute atomic E-state index is 12.3. The summed E-state index contributed by atoms with van der Waals surface area (Å²) in [5.74, 6) is -0.179. The second-order valence-electron chi connectivity index (χ2n) is 6.22. The zero-order valence-electron chi connectivity index (χ0n) is 16.0. The monoisotopic (exact) mass is 416 g/mol. The first-order valence-electron chi connectivity index (χ1n) is 9.34. The summed E-state index contributed by atoms with van der Waals surface area (Å²) in [5, 5.41) is 6.68. The molecular weight excluding hydrogens is 392 g/mol. The number of hydrogen-bond acceptors (Lipinski definition) is 6. The van der Waals surface area contributed by atoms with Gasteiger partial charge in [-0.1, -0.05) is 41.7 Å². The minimum atomic E-state index is -0.128. The van der Waals surface area contributed by atoms with Crippen LogP contribution in [0.4, 0.5) is 5.13 Å². The molecule has 0 aliphatic carbocycles. The van der Waals surface area contributed by atoms with Gasteiger partial charge >= 0.3 is 0 Å². The Labute approximate surface area is 172 Å². The third-order valence-corrected chi connectivity index (χ3v) is 6.50. The number of nitrogens with one attached hydrogen (secondary N) is 2. The van der Waals surface area contributed by atoms with Crippen molar-refractivity contribution in [2.45, 2.75) is 20.3 Å². The molecule has 0 saturated heterocycles. The average molecular weight is 417 g/mol. The number of benzene rings is 1. The van der Waals surface area contributed by atoms with E-state index in [0.717, 1.165) is 33.3 Å². The lowest BCUT2D eigenvalue weighted by Gasteiger charge is -2.16. The van der Waals surface area contributed by atoms with E-state index < -0.39 is 0 Å². The first-order chi connectivity index (χ1) is 13.6. The van der Waals surface area contributed by atoms with Crippen LogP contribution in [0.25, 0.3) is 9.53 Å². The molecule has 1 aromatic carbocycles. The van der Waals surface area contributed by atoms with E-state index in [1.54, 1.807) is 11.3 Å². The summed E-state index contributed by atoms with van der Waals surface area (Å²) in [6, 6.07) is 11.5. The van der Waals surface area contributed by atoms with Gasteiger partial charge in [0, 0.05) is 26.2 Å². The van der Waals surface area contributed by atoms with Crippen LogP contribution in [0.1, 0.15) is 29.1 Å². The highest BCUT2D eigenvalue weighted by atomic mass is 32.1. The summed E-state index contributed by atoms with van der Waals surface area (Å²) >= 11 is 3.02. The largest absolute Gasteiger partial charge is 0.354 e. The zero-order chi connectivity index (χ0) is 19.9. The van der Waals surface area contributed by atoms with Gasteiger partial charge in [0.15, 0.2) is 5.13 Å². The van der Waals surface area contributed by atoms with Gasteiger partial charge in [0.2, 0.25) is 5.91 Å². The molecule has 2 amide bonds. The Morgan fingerprint density at radius 1 is 1.04 bits per heavy atom. The number of thiophene rings is 1. The molecule has 2 heterocycles. The number of rotatable bonds is 9. The Morgan fingerprint density at radius 2 is 1.75 bits per heavy atom. The molecule has 2 aromatic heterocycles. The highest BCUT2D eigenvalue weighted by Gasteiger charge is 2.15. The number of aromatic nitrogens is 1. The molecule has 0 fully saturated rings. The van der Waals surface area contributed by atoms with E-state index in [1.807, 2.05) is 36.4 Å². The fourth-order valence-corrected chi connectivity index (χ4v) is 5.03. The van der Waals surface area contributed by atoms with Crippen LogP contribution in [0, 0.1) is 0 Å². The molecule has 0 atom stereocenters. The highest BCUT2D eigenvalue weighted by molar-refractivity contribution is 7.29. The van der Waals surface area contributed by atoms with E-state index in [1.165, 1.54) is 11.3 Å². The third-order valence-electron chi connectivity index (χ3n) is 4.28. The van der Waals surface area contributed by atoms with Crippen molar-refractivity contribution >= 4 is 49.1 Å². The predicted molar refractivity (Wildman–Crippen MR) is 117 cm³/mol. The van der Waals surface area contributed by atoms with Crippen molar-refractivity contribution in [2.24, 2.45) is 0 Å². The van der Waals surface area contributed by atoms with Crippen LogP contribution < -0.4 is 15.5 Å². The summed E-state index contributed by atoms with van der Waals surface area (Å²) in [6.07, 6.45) is 0.344. The van der Waals surface area contributed by atoms with E-state index in [0.29, 0.717) is 24.4 Å². The molecule has 0 radical (unpaired) electrons. The molecule has 8 heteroatoms. The maximum atomic E-state index is 12.3. The van der Waals surface area contributed by atoms with Crippen molar-refractivity contribution < 1.29 is 9.59 Å². The van der Waals surface area contributed by atoms with Gasteiger partial charge in [0.25, 0.3) is 5.91 Å². The van der Waals surface area contributed by atoms with Crippen molar-refractivity contribution in [3.05, 3.63) is 46.8 Å². The number of nitrogens with zero attached hydrogens (tertiary/aromatic N) is 2. The van der Waals surface area contributed by atoms with Gasteiger partial charge in [-0.05, 0) is 25.5 Å². The Morgan fingerprint density at radius 3 is 2.43 bits per heavy atom. The number of carbonyl (C=O) groups is 2. The van der Waals surface area contributed by atoms with E-state index in [2.05, 4.69) is 34.4 Å². The molecule has 28 heavy (non-hydrogen) atoms. The summed E-state index contributed by atoms with van der Waals surface area (Å²) in [4.78, 5) is 32.6. The number of carbonyl (C=O) groups excluding carboxylic acids is 2. The minimum absolute atomic E-state index is 0.0507. The van der Waals surface area contributed by atoms with Crippen molar-refractivity contribution in [3.8, 4) is 0 Å². The number of hydrogen-bond donors (Lipinski definition) is 2. The second-order valence-corrected chi connectivity index (χ2v) is 8.26. The Hall–Kier alpha value is -2.45. The molecule has 148 valence electrons. The smallest absolute Gasteiger partial charge is 0.261 e. The summed E-state index contributed by atoms with van der Waals surface area (Å²) in [7, 11) is 0. The molecular formula is C20H24N4O2S2. The van der Waals surface area contributed by atoms with E-state index >= 15 is 0 Å². The predicted octanol–water partition coefficient (Wildman–Crippen LogP) is 3.29. The van der Waals surface area contributed by atoms with Gasteiger partial charge in [0.05, 0.1) is 16.0 Å². The molecule has 6 nitrogen and oxygen atoms in total. The molecule has 0 bridgehead atoms. The first-order valence-corrected chi connectivity index (χ1v) is 11.0. The van der Waals surface area contributed by atoms with E-state index in [4.69, 9.17) is 0 Å². The van der Waals surface area contributed by atoms with Gasteiger partial charge in [0.1, 0.15) is 4.83 Å². The van der Waals surface area contributed by atoms with Crippen LogP contribution in [0.2, 0.25) is 0 Å². The Kier molecular flexibility index (Phi) is 7.00. The fourth-order valence-electron chi connectivity index (χ4n) is 2.77. The van der Waals surface area contributed by atoms with Crippen LogP contribution in [0.5, 0.6) is 0 Å². The van der Waals surface area contributed by atoms with Crippen LogP contribution >= 0.6 is 22.7 Å². The van der Waals surface area contributed by atoms with Crippen molar-refractivity contribution in [1.29, 1.82) is 0 Å². The Balaban J connectivity index is 1.45. The van der Waals surface area contributed by atoms with Gasteiger partial charge in [-0.25, -0.2) is 4.98 Å². The number of amides is 2. The lowest BCUT2D eigenvalue weighted by Crippen LogP contribution is -2.35. The Bertz CT molecular complexity index is 901. The number of anilines is 1. The van der Waals surface area contributed by atoms with Gasteiger partial charge in [-0.2, -0.15) is 0 Å². The maximum Gasteiger partial charge on any atom is 0.261 e. The lowest BCUT2D eigenvalue weighted by atomic mass is 10.1. The molecule has 2 N–H and O–H groups in total. The molecule has 0 aliphatic rings. The molecule has 0 unspecified atom stereocenters. The van der Waals surface area contributed by atoms with Gasteiger partial charge in [-0.3, -0.25) is 9.59 Å². The third kappa shape index (κ3) is 5.08. The molecule has 0 saturated carbocycles. The number of thiazole rings is 1. The minimum Gasteiger partial charge on any atom is -0.354 e.